The molecule has 2 rings (SSSR count). The van der Waals surface area contributed by atoms with Gasteiger partial charge in [-0.1, -0.05) is 18.2 Å². The number of carbonyl (C=O) groups excluding carboxylic acids is 1. The Bertz CT molecular complexity index is 403. The number of hydrogen-bond donors (Lipinski definition) is 2. The van der Waals surface area contributed by atoms with E-state index >= 15 is 0 Å². The zero-order chi connectivity index (χ0) is 12.3. The lowest BCUT2D eigenvalue weighted by Gasteiger charge is -2.26. The van der Waals surface area contributed by atoms with Crippen LogP contribution in [0.2, 0.25) is 0 Å². The van der Waals surface area contributed by atoms with Crippen molar-refractivity contribution in [3.05, 3.63) is 35.4 Å². The summed E-state index contributed by atoms with van der Waals surface area (Å²) in [5.74, 6) is -0.0257. The highest BCUT2D eigenvalue weighted by molar-refractivity contribution is 5.95. The molecule has 1 aliphatic carbocycles. The van der Waals surface area contributed by atoms with E-state index in [2.05, 4.69) is 5.32 Å². The first kappa shape index (κ1) is 12.1. The maximum atomic E-state index is 12.0. The van der Waals surface area contributed by atoms with E-state index in [9.17, 15) is 9.90 Å². The number of aliphatic hydroxyl groups is 1. The number of nitrogens with one attached hydrogen (secondary N) is 1. The van der Waals surface area contributed by atoms with Crippen LogP contribution < -0.4 is 5.32 Å². The van der Waals surface area contributed by atoms with E-state index in [4.69, 9.17) is 0 Å². The molecule has 0 unspecified atom stereocenters. The molecule has 1 aliphatic rings. The molecule has 3 heteroatoms. The topological polar surface area (TPSA) is 49.3 Å². The molecule has 0 bridgehead atoms. The van der Waals surface area contributed by atoms with Crippen molar-refractivity contribution in [2.45, 2.75) is 44.8 Å². The van der Waals surface area contributed by atoms with E-state index in [0.717, 1.165) is 30.4 Å². The summed E-state index contributed by atoms with van der Waals surface area (Å²) in [6.45, 7) is 1.94. The number of aliphatic hydroxyl groups excluding tert-OH is 1. The zero-order valence-corrected chi connectivity index (χ0v) is 10.1. The lowest BCUT2D eigenvalue weighted by atomic mass is 9.92. The van der Waals surface area contributed by atoms with Crippen LogP contribution in [0.25, 0.3) is 0 Å². The first-order valence-corrected chi connectivity index (χ1v) is 6.21. The third-order valence-electron chi connectivity index (χ3n) is 3.37. The molecule has 3 nitrogen and oxygen atoms in total. The fourth-order valence-electron chi connectivity index (χ4n) is 2.39. The van der Waals surface area contributed by atoms with Gasteiger partial charge in [-0.3, -0.25) is 4.79 Å². The Morgan fingerprint density at radius 1 is 1.35 bits per heavy atom. The molecule has 1 amide bonds. The SMILES string of the molecule is Cc1ccccc1C(=O)N[C@@H]1CCC[C@@H](O)C1. The van der Waals surface area contributed by atoms with Crippen LogP contribution in [0.15, 0.2) is 24.3 Å². The van der Waals surface area contributed by atoms with E-state index < -0.39 is 0 Å². The summed E-state index contributed by atoms with van der Waals surface area (Å²) in [4.78, 5) is 12.0. The first-order valence-electron chi connectivity index (χ1n) is 6.21. The van der Waals surface area contributed by atoms with Crippen molar-refractivity contribution >= 4 is 5.91 Å². The summed E-state index contributed by atoms with van der Waals surface area (Å²) in [7, 11) is 0. The highest BCUT2D eigenvalue weighted by atomic mass is 16.3. The zero-order valence-electron chi connectivity index (χ0n) is 10.1. The monoisotopic (exact) mass is 233 g/mol. The van der Waals surface area contributed by atoms with E-state index in [-0.39, 0.29) is 18.1 Å². The van der Waals surface area contributed by atoms with Gasteiger partial charge in [0.1, 0.15) is 0 Å². The molecule has 0 radical (unpaired) electrons. The highest BCUT2D eigenvalue weighted by Crippen LogP contribution is 2.19. The average molecular weight is 233 g/mol. The number of carbonyl (C=O) groups is 1. The molecule has 0 aromatic heterocycles. The van der Waals surface area contributed by atoms with Gasteiger partial charge in [0.2, 0.25) is 0 Å². The van der Waals surface area contributed by atoms with Gasteiger partial charge in [0.05, 0.1) is 6.10 Å². The summed E-state index contributed by atoms with van der Waals surface area (Å²) in [5, 5.41) is 12.6. The minimum Gasteiger partial charge on any atom is -0.393 e. The van der Waals surface area contributed by atoms with Crippen molar-refractivity contribution in [3.8, 4) is 0 Å². The normalized spacial score (nSPS) is 24.4. The molecule has 0 heterocycles. The summed E-state index contributed by atoms with van der Waals surface area (Å²) < 4.78 is 0. The molecule has 2 N–H and O–H groups in total. The largest absolute Gasteiger partial charge is 0.393 e. The molecule has 0 saturated heterocycles. The van der Waals surface area contributed by atoms with Gasteiger partial charge < -0.3 is 10.4 Å². The average Bonchev–Trinajstić information content (AvgIpc) is 2.29. The first-order chi connectivity index (χ1) is 8.16. The standard InChI is InChI=1S/C14H19NO2/c1-10-5-2-3-8-13(10)14(17)15-11-6-4-7-12(16)9-11/h2-3,5,8,11-12,16H,4,6-7,9H2,1H3,(H,15,17)/t11-,12-/m1/s1. The van der Waals surface area contributed by atoms with Crippen molar-refractivity contribution in [2.75, 3.05) is 0 Å². The lowest BCUT2D eigenvalue weighted by Crippen LogP contribution is -2.39. The second-order valence-corrected chi connectivity index (χ2v) is 4.81. The van der Waals surface area contributed by atoms with E-state index in [1.54, 1.807) is 0 Å². The van der Waals surface area contributed by atoms with Crippen LogP contribution in [0.4, 0.5) is 0 Å². The van der Waals surface area contributed by atoms with Gasteiger partial charge in [-0.2, -0.15) is 0 Å². The molecule has 1 fully saturated rings. The van der Waals surface area contributed by atoms with Crippen LogP contribution in [-0.4, -0.2) is 23.2 Å². The highest BCUT2D eigenvalue weighted by Gasteiger charge is 2.22. The van der Waals surface area contributed by atoms with Crippen LogP contribution in [0.5, 0.6) is 0 Å². The van der Waals surface area contributed by atoms with E-state index in [0.29, 0.717) is 6.42 Å². The van der Waals surface area contributed by atoms with Crippen LogP contribution in [0.3, 0.4) is 0 Å². The molecular formula is C14H19NO2. The van der Waals surface area contributed by atoms with Crippen molar-refractivity contribution in [1.29, 1.82) is 0 Å². The third kappa shape index (κ3) is 3.07. The smallest absolute Gasteiger partial charge is 0.251 e. The predicted molar refractivity (Wildman–Crippen MR) is 66.9 cm³/mol. The van der Waals surface area contributed by atoms with Crippen LogP contribution in [0.1, 0.15) is 41.6 Å². The number of benzene rings is 1. The maximum absolute atomic E-state index is 12.0. The van der Waals surface area contributed by atoms with Crippen molar-refractivity contribution in [3.63, 3.8) is 0 Å². The second-order valence-electron chi connectivity index (χ2n) is 4.81. The Morgan fingerprint density at radius 3 is 2.82 bits per heavy atom. The summed E-state index contributed by atoms with van der Waals surface area (Å²) >= 11 is 0. The molecule has 0 spiro atoms. The molecule has 1 aromatic rings. The van der Waals surface area contributed by atoms with Crippen LogP contribution >= 0.6 is 0 Å². The van der Waals surface area contributed by atoms with Crippen molar-refractivity contribution in [1.82, 2.24) is 5.32 Å². The fraction of sp³-hybridized carbons (Fsp3) is 0.500. The Hall–Kier alpha value is -1.35. The van der Waals surface area contributed by atoms with Gasteiger partial charge in [-0.15, -0.1) is 0 Å². The second kappa shape index (κ2) is 5.32. The van der Waals surface area contributed by atoms with E-state index in [1.165, 1.54) is 0 Å². The molecule has 2 atom stereocenters. The number of rotatable bonds is 2. The molecule has 0 aliphatic heterocycles. The molecule has 1 aromatic carbocycles. The Morgan fingerprint density at radius 2 is 2.12 bits per heavy atom. The summed E-state index contributed by atoms with van der Waals surface area (Å²) in [6.07, 6.45) is 3.23. The van der Waals surface area contributed by atoms with Crippen molar-refractivity contribution in [2.24, 2.45) is 0 Å². The predicted octanol–water partition coefficient (Wildman–Crippen LogP) is 2.03. The molecule has 92 valence electrons. The molecular weight excluding hydrogens is 214 g/mol. The van der Waals surface area contributed by atoms with Crippen molar-refractivity contribution < 1.29 is 9.90 Å². The van der Waals surface area contributed by atoms with Gasteiger partial charge in [0.25, 0.3) is 5.91 Å². The maximum Gasteiger partial charge on any atom is 0.251 e. The molecule has 1 saturated carbocycles. The quantitative estimate of drug-likeness (QED) is 0.821. The number of aryl methyl sites for hydroxylation is 1. The van der Waals surface area contributed by atoms with Gasteiger partial charge in [-0.25, -0.2) is 0 Å². The van der Waals surface area contributed by atoms with E-state index in [1.807, 2.05) is 31.2 Å². The Balaban J connectivity index is 1.99. The minimum atomic E-state index is -0.258. The van der Waals surface area contributed by atoms with Gasteiger partial charge in [0, 0.05) is 11.6 Å². The minimum absolute atomic E-state index is 0.0257. The lowest BCUT2D eigenvalue weighted by molar-refractivity contribution is 0.0849. The summed E-state index contributed by atoms with van der Waals surface area (Å²) in [6, 6.07) is 7.69. The summed E-state index contributed by atoms with van der Waals surface area (Å²) in [5.41, 5.74) is 1.72. The Labute approximate surface area is 102 Å². The Kier molecular flexibility index (Phi) is 3.79. The van der Waals surface area contributed by atoms with Crippen LogP contribution in [0, 0.1) is 6.92 Å². The third-order valence-corrected chi connectivity index (χ3v) is 3.37. The number of amides is 1. The van der Waals surface area contributed by atoms with Crippen LogP contribution in [-0.2, 0) is 0 Å². The molecule has 17 heavy (non-hydrogen) atoms. The van der Waals surface area contributed by atoms with Gasteiger partial charge >= 0.3 is 0 Å². The van der Waals surface area contributed by atoms with Gasteiger partial charge in [0.15, 0.2) is 0 Å². The fourth-order valence-corrected chi connectivity index (χ4v) is 2.39. The number of hydrogen-bond acceptors (Lipinski definition) is 2. The van der Waals surface area contributed by atoms with Gasteiger partial charge in [-0.05, 0) is 44.2 Å².